The zero-order valence-corrected chi connectivity index (χ0v) is 11.5. The second-order valence-electron chi connectivity index (χ2n) is 3.94. The summed E-state index contributed by atoms with van der Waals surface area (Å²) >= 11 is 0. The molecule has 0 aliphatic heterocycles. The third-order valence-electron chi connectivity index (χ3n) is 2.37. The van der Waals surface area contributed by atoms with Crippen molar-refractivity contribution in [3.63, 3.8) is 0 Å². The zero-order chi connectivity index (χ0) is 14.3. The Morgan fingerprint density at radius 1 is 1.37 bits per heavy atom. The highest BCUT2D eigenvalue weighted by molar-refractivity contribution is 7.89. The van der Waals surface area contributed by atoms with Crippen molar-refractivity contribution >= 4 is 22.1 Å². The summed E-state index contributed by atoms with van der Waals surface area (Å²) in [5.41, 5.74) is 0.359. The molecule has 0 unspecified atom stereocenters. The topological polar surface area (TPSA) is 86.5 Å². The van der Waals surface area contributed by atoms with Crippen molar-refractivity contribution < 1.29 is 17.9 Å². The summed E-state index contributed by atoms with van der Waals surface area (Å²) in [4.78, 5) is 11.3. The molecule has 19 heavy (non-hydrogen) atoms. The summed E-state index contributed by atoms with van der Waals surface area (Å²) in [6.07, 6.45) is 4.31. The van der Waals surface area contributed by atoms with Gasteiger partial charge in [-0.3, -0.25) is 0 Å². The van der Waals surface area contributed by atoms with Crippen molar-refractivity contribution in [1.29, 1.82) is 0 Å². The van der Waals surface area contributed by atoms with Crippen LogP contribution in [0.2, 0.25) is 0 Å². The minimum atomic E-state index is -3.81. The van der Waals surface area contributed by atoms with E-state index in [9.17, 15) is 13.2 Å². The Labute approximate surface area is 113 Å². The van der Waals surface area contributed by atoms with Gasteiger partial charge in [0.15, 0.2) is 0 Å². The van der Waals surface area contributed by atoms with Gasteiger partial charge in [-0.05, 0) is 24.1 Å². The molecule has 0 amide bonds. The number of esters is 1. The van der Waals surface area contributed by atoms with Gasteiger partial charge in [0.05, 0.1) is 11.5 Å². The molecule has 0 bridgehead atoms. The van der Waals surface area contributed by atoms with Gasteiger partial charge in [0, 0.05) is 6.08 Å². The van der Waals surface area contributed by atoms with Crippen molar-refractivity contribution in [3.05, 3.63) is 35.9 Å². The molecular weight excluding hydrogens is 266 g/mol. The first-order chi connectivity index (χ1) is 8.95. The Bertz CT molecular complexity index is 564. The molecule has 104 valence electrons. The van der Waals surface area contributed by atoms with Crippen LogP contribution in [0.25, 0.3) is 6.08 Å². The van der Waals surface area contributed by atoms with Gasteiger partial charge in [0.25, 0.3) is 0 Å². The van der Waals surface area contributed by atoms with E-state index < -0.39 is 16.0 Å². The quantitative estimate of drug-likeness (QED) is 0.489. The smallest absolute Gasteiger partial charge is 0.330 e. The normalized spacial score (nSPS) is 11.7. The predicted molar refractivity (Wildman–Crippen MR) is 72.7 cm³/mol. The number of benzene rings is 1. The highest BCUT2D eigenvalue weighted by atomic mass is 32.2. The number of unbranched alkanes of at least 4 members (excludes halogenated alkanes) is 1. The predicted octanol–water partition coefficient (Wildman–Crippen LogP) is 1.69. The Morgan fingerprint density at radius 3 is 2.68 bits per heavy atom. The Hall–Kier alpha value is -1.66. The van der Waals surface area contributed by atoms with Gasteiger partial charge >= 0.3 is 5.97 Å². The van der Waals surface area contributed by atoms with Gasteiger partial charge in [-0.15, -0.1) is 0 Å². The van der Waals surface area contributed by atoms with Crippen LogP contribution in [0.4, 0.5) is 0 Å². The number of carbonyl (C=O) groups excluding carboxylic acids is 1. The van der Waals surface area contributed by atoms with Crippen LogP contribution in [0.1, 0.15) is 25.3 Å². The van der Waals surface area contributed by atoms with E-state index in [-0.39, 0.29) is 4.90 Å². The van der Waals surface area contributed by atoms with Gasteiger partial charge in [0.2, 0.25) is 10.0 Å². The average Bonchev–Trinajstić information content (AvgIpc) is 2.36. The minimum absolute atomic E-state index is 0.0207. The summed E-state index contributed by atoms with van der Waals surface area (Å²) < 4.78 is 27.6. The lowest BCUT2D eigenvalue weighted by Crippen LogP contribution is -2.13. The van der Waals surface area contributed by atoms with Crippen LogP contribution in [0, 0.1) is 0 Å². The fourth-order valence-electron chi connectivity index (χ4n) is 1.40. The summed E-state index contributed by atoms with van der Waals surface area (Å²) in [5, 5.41) is 5.08. The lowest BCUT2D eigenvalue weighted by atomic mass is 10.2. The maximum atomic E-state index is 11.4. The highest BCUT2D eigenvalue weighted by Gasteiger charge is 2.11. The second kappa shape index (κ2) is 7.06. The molecule has 0 fully saturated rings. The first kappa shape index (κ1) is 15.4. The van der Waals surface area contributed by atoms with Gasteiger partial charge in [-0.1, -0.05) is 31.5 Å². The van der Waals surface area contributed by atoms with Crippen LogP contribution < -0.4 is 5.14 Å². The standard InChI is InChI=1S/C13H17NO4S/c1-2-3-10-18-13(15)9-8-11-6-4-5-7-12(11)19(14,16)17/h4-9H,2-3,10H2,1H3,(H2,14,16,17)/b9-8+. The molecule has 1 aromatic carbocycles. The number of ether oxygens (including phenoxy) is 1. The molecule has 6 heteroatoms. The molecule has 0 heterocycles. The molecule has 1 aromatic rings. The number of nitrogens with two attached hydrogens (primary N) is 1. The average molecular weight is 283 g/mol. The Kier molecular flexibility index (Phi) is 5.72. The van der Waals surface area contributed by atoms with Crippen LogP contribution in [0.5, 0.6) is 0 Å². The van der Waals surface area contributed by atoms with E-state index in [4.69, 9.17) is 9.88 Å². The first-order valence-electron chi connectivity index (χ1n) is 5.92. The summed E-state index contributed by atoms with van der Waals surface area (Å²) in [6, 6.07) is 6.18. The van der Waals surface area contributed by atoms with Crippen molar-refractivity contribution in [3.8, 4) is 0 Å². The summed E-state index contributed by atoms with van der Waals surface area (Å²) in [6.45, 7) is 2.35. The van der Waals surface area contributed by atoms with Crippen LogP contribution in [0.3, 0.4) is 0 Å². The van der Waals surface area contributed by atoms with E-state index in [1.54, 1.807) is 18.2 Å². The van der Waals surface area contributed by atoms with Crippen molar-refractivity contribution in [2.24, 2.45) is 5.14 Å². The lowest BCUT2D eigenvalue weighted by molar-refractivity contribution is -0.137. The van der Waals surface area contributed by atoms with E-state index in [1.807, 2.05) is 6.92 Å². The van der Waals surface area contributed by atoms with Gasteiger partial charge < -0.3 is 4.74 Å². The molecule has 2 N–H and O–H groups in total. The summed E-state index contributed by atoms with van der Waals surface area (Å²) in [5.74, 6) is -0.502. The molecule has 1 rings (SSSR count). The van der Waals surface area contributed by atoms with E-state index in [1.165, 1.54) is 18.2 Å². The zero-order valence-electron chi connectivity index (χ0n) is 10.7. The first-order valence-corrected chi connectivity index (χ1v) is 7.46. The molecule has 5 nitrogen and oxygen atoms in total. The minimum Gasteiger partial charge on any atom is -0.463 e. The van der Waals surface area contributed by atoms with Crippen LogP contribution >= 0.6 is 0 Å². The molecule has 0 aliphatic carbocycles. The molecule has 0 spiro atoms. The third kappa shape index (κ3) is 5.23. The van der Waals surface area contributed by atoms with E-state index in [0.29, 0.717) is 12.2 Å². The highest BCUT2D eigenvalue weighted by Crippen LogP contribution is 2.15. The number of rotatable bonds is 6. The molecular formula is C13H17NO4S. The molecule has 0 atom stereocenters. The van der Waals surface area contributed by atoms with Crippen LogP contribution in [-0.2, 0) is 19.6 Å². The van der Waals surface area contributed by atoms with E-state index in [0.717, 1.165) is 12.8 Å². The maximum Gasteiger partial charge on any atom is 0.330 e. The van der Waals surface area contributed by atoms with Crippen LogP contribution in [-0.4, -0.2) is 21.0 Å². The molecule has 0 aliphatic rings. The fourth-order valence-corrected chi connectivity index (χ4v) is 2.13. The third-order valence-corrected chi connectivity index (χ3v) is 3.35. The molecule has 0 saturated carbocycles. The van der Waals surface area contributed by atoms with Gasteiger partial charge in [-0.25, -0.2) is 18.4 Å². The number of hydrogen-bond donors (Lipinski definition) is 1. The number of primary sulfonamides is 1. The monoisotopic (exact) mass is 283 g/mol. The van der Waals surface area contributed by atoms with E-state index >= 15 is 0 Å². The number of carbonyl (C=O) groups is 1. The lowest BCUT2D eigenvalue weighted by Gasteiger charge is -2.03. The fraction of sp³-hybridized carbons (Fsp3) is 0.308. The summed E-state index contributed by atoms with van der Waals surface area (Å²) in [7, 11) is -3.81. The van der Waals surface area contributed by atoms with Crippen molar-refractivity contribution in [2.45, 2.75) is 24.7 Å². The molecule has 0 saturated heterocycles. The number of hydrogen-bond acceptors (Lipinski definition) is 4. The molecule has 0 radical (unpaired) electrons. The largest absolute Gasteiger partial charge is 0.463 e. The van der Waals surface area contributed by atoms with Crippen molar-refractivity contribution in [2.75, 3.05) is 6.61 Å². The van der Waals surface area contributed by atoms with Crippen molar-refractivity contribution in [1.82, 2.24) is 0 Å². The van der Waals surface area contributed by atoms with Crippen LogP contribution in [0.15, 0.2) is 35.2 Å². The number of sulfonamides is 1. The molecule has 0 aromatic heterocycles. The maximum absolute atomic E-state index is 11.4. The SMILES string of the molecule is CCCCOC(=O)/C=C/c1ccccc1S(N)(=O)=O. The Balaban J connectivity index is 2.80. The second-order valence-corrected chi connectivity index (χ2v) is 5.47. The Morgan fingerprint density at radius 2 is 2.05 bits per heavy atom. The van der Waals surface area contributed by atoms with Gasteiger partial charge in [0.1, 0.15) is 0 Å². The van der Waals surface area contributed by atoms with Gasteiger partial charge in [-0.2, -0.15) is 0 Å². The van der Waals surface area contributed by atoms with E-state index in [2.05, 4.69) is 0 Å².